The van der Waals surface area contributed by atoms with Crippen LogP contribution in [0, 0.1) is 5.92 Å². The molecule has 0 aliphatic carbocycles. The number of anilines is 2. The van der Waals surface area contributed by atoms with Gasteiger partial charge in [0.1, 0.15) is 29.2 Å². The fraction of sp³-hybridized carbons (Fsp3) is 0.481. The number of hydrogen-bond acceptors (Lipinski definition) is 21. The summed E-state index contributed by atoms with van der Waals surface area (Å²) in [6.07, 6.45) is -0.102. The number of nitrogens with zero attached hydrogens (tertiary/aromatic N) is 5. The molecule has 0 saturated carbocycles. The Morgan fingerprint density at radius 3 is 1.89 bits per heavy atom. The average Bonchev–Trinajstić information content (AvgIpc) is 0.898. The molecule has 0 spiro atoms. The van der Waals surface area contributed by atoms with E-state index >= 15 is 0 Å². The number of nitrogens with one attached hydrogen (secondary N) is 7. The summed E-state index contributed by atoms with van der Waals surface area (Å²) in [4.78, 5) is 158. The number of rotatable bonds is 43. The number of halogens is 3. The van der Waals surface area contributed by atoms with E-state index in [2.05, 4.69) is 65.7 Å². The van der Waals surface area contributed by atoms with Gasteiger partial charge >= 0.3 is 24.0 Å². The molecule has 2 aromatic heterocycles. The Labute approximate surface area is 644 Å². The molecular weight excluding hydrogens is 1470 g/mol. The van der Waals surface area contributed by atoms with Gasteiger partial charge in [0, 0.05) is 92.9 Å². The Bertz CT molecular complexity index is 4110. The quantitative estimate of drug-likeness (QED) is 0.00812. The van der Waals surface area contributed by atoms with Gasteiger partial charge in [-0.25, -0.2) is 14.8 Å². The second-order valence-corrected chi connectivity index (χ2v) is 30.1. The van der Waals surface area contributed by atoms with Crippen molar-refractivity contribution in [2.75, 3.05) is 77.1 Å². The maximum atomic E-state index is 14.2. The smallest absolute Gasteiger partial charge is 0.471 e. The van der Waals surface area contributed by atoms with Crippen molar-refractivity contribution in [2.45, 2.75) is 165 Å². The van der Waals surface area contributed by atoms with E-state index in [1.165, 1.54) is 7.05 Å². The molecule has 0 unspecified atom stereocenters. The van der Waals surface area contributed by atoms with Crippen LogP contribution in [0.3, 0.4) is 0 Å². The predicted molar refractivity (Wildman–Crippen MR) is 409 cm³/mol. The summed E-state index contributed by atoms with van der Waals surface area (Å²) in [6.45, 7) is 7.92. The van der Waals surface area contributed by atoms with Gasteiger partial charge in [-0.3, -0.25) is 63.1 Å². The SMILES string of the molecule is CNC(=O)CCC(=O)O[C@@H]1C[C@@H](COC(c2ccccc2)(c2ccc(OC)cc2)c2ccc(OC)cc2)N(C(=O)CCCCCNC(=O)CCC(C)(C)SSCCNC(=O)CCCCCNC(=O)CC[C@H](NC(=O)c2ccc(N(Cc3cnc4nc(NC(=O)C(C)C)[nH]c(=O)c4n3)C(=O)C(F)(F)F)cc2)C(=O)OC)C1. The summed E-state index contributed by atoms with van der Waals surface area (Å²) in [5, 5.41) is 16.1. The molecule has 7 N–H and O–H groups in total. The fourth-order valence-corrected chi connectivity index (χ4v) is 14.3. The molecule has 6 aromatic rings. The van der Waals surface area contributed by atoms with Gasteiger partial charge < -0.3 is 55.2 Å². The topological polar surface area (TPSA) is 367 Å². The molecule has 1 fully saturated rings. The molecular formula is C77H97F3N12O16S2. The van der Waals surface area contributed by atoms with Crippen molar-refractivity contribution in [1.82, 2.24) is 51.4 Å². The molecule has 33 heteroatoms. The number of aromatic amines is 1. The van der Waals surface area contributed by atoms with E-state index in [9.17, 15) is 65.9 Å². The van der Waals surface area contributed by atoms with E-state index in [-0.39, 0.29) is 121 Å². The number of likely N-dealkylation sites (tertiary alicyclic amines) is 1. The number of ether oxygens (including phenoxy) is 5. The number of unbranched alkanes of at least 4 members (excludes halogenated alkanes) is 4. The third kappa shape index (κ3) is 26.6. The molecule has 594 valence electrons. The van der Waals surface area contributed by atoms with Crippen LogP contribution < -0.4 is 51.8 Å². The molecule has 1 aliphatic heterocycles. The summed E-state index contributed by atoms with van der Waals surface area (Å²) >= 11 is 0. The lowest BCUT2D eigenvalue weighted by atomic mass is 9.80. The van der Waals surface area contributed by atoms with E-state index in [1.54, 1.807) is 54.6 Å². The van der Waals surface area contributed by atoms with Gasteiger partial charge in [-0.05, 0) is 118 Å². The lowest BCUT2D eigenvalue weighted by Crippen LogP contribution is -2.42. The highest BCUT2D eigenvalue weighted by atomic mass is 33.1. The number of benzene rings is 4. The molecule has 0 radical (unpaired) electrons. The molecule has 3 atom stereocenters. The van der Waals surface area contributed by atoms with Crippen LogP contribution in [0.15, 0.2) is 114 Å². The van der Waals surface area contributed by atoms with E-state index in [0.29, 0.717) is 93.0 Å². The van der Waals surface area contributed by atoms with Crippen LogP contribution >= 0.6 is 21.6 Å². The number of H-pyrrole nitrogens is 1. The Kier molecular flexibility index (Phi) is 33.8. The lowest BCUT2D eigenvalue weighted by molar-refractivity contribution is -0.170. The Morgan fingerprint density at radius 2 is 1.29 bits per heavy atom. The highest BCUT2D eigenvalue weighted by molar-refractivity contribution is 8.77. The molecule has 110 heavy (non-hydrogen) atoms. The van der Waals surface area contributed by atoms with Crippen molar-refractivity contribution in [3.63, 3.8) is 0 Å². The van der Waals surface area contributed by atoms with E-state index in [4.69, 9.17) is 23.7 Å². The van der Waals surface area contributed by atoms with Gasteiger partial charge in [-0.15, -0.1) is 0 Å². The van der Waals surface area contributed by atoms with Crippen molar-refractivity contribution in [2.24, 2.45) is 5.92 Å². The fourth-order valence-electron chi connectivity index (χ4n) is 11.9. The molecule has 7 rings (SSSR count). The number of hydrogen-bond donors (Lipinski definition) is 7. The van der Waals surface area contributed by atoms with Crippen LogP contribution in [-0.4, -0.2) is 180 Å². The number of alkyl halides is 3. The van der Waals surface area contributed by atoms with Crippen molar-refractivity contribution in [3.05, 3.63) is 148 Å². The van der Waals surface area contributed by atoms with E-state index < -0.39 is 83.6 Å². The van der Waals surface area contributed by atoms with Crippen LogP contribution in [0.25, 0.3) is 11.2 Å². The summed E-state index contributed by atoms with van der Waals surface area (Å²) in [6, 6.07) is 27.7. The standard InChI is InChI=1S/C77H97F3N12O16S2/c1-49(2)69(99)89-74-88-68-67(71(101)90-74)86-54(45-85-68)46-92(73(103)77(78,79)80)55-28-22-50(23-29-55)70(100)87-60(72(102)106-8)34-35-63(95)82-40-16-10-14-20-62(94)84-42-43-109-110-75(3,4)39-38-64(96)83-41-17-11-15-21-65(97)91-47-59(108-66(98)37-36-61(93)81-5)44-56(91)48-107-76(51-18-12-9-13-19-51,52-24-30-57(104-6)31-25-52)53-26-32-58(105-7)33-27-53/h9,12-13,18-19,22-33,45,49,56,59-60H,10-11,14-17,20-21,34-44,46-48H2,1-8H3,(H,81,93)(H,82,95)(H,83,96)(H,84,94)(H,87,100)(H2,85,88,89,90,99,101)/t56-,59+,60-/m0/s1. The van der Waals surface area contributed by atoms with Crippen molar-refractivity contribution >= 4 is 104 Å². The number of carbonyl (C=O) groups excluding carboxylic acids is 10. The highest BCUT2D eigenvalue weighted by Crippen LogP contribution is 2.43. The summed E-state index contributed by atoms with van der Waals surface area (Å²) in [7, 11) is 9.02. The zero-order valence-electron chi connectivity index (χ0n) is 63.0. The maximum Gasteiger partial charge on any atom is 0.471 e. The zero-order valence-corrected chi connectivity index (χ0v) is 64.6. The number of fused-ring (bicyclic) bond motifs is 1. The van der Waals surface area contributed by atoms with Crippen molar-refractivity contribution < 1.29 is 84.8 Å². The van der Waals surface area contributed by atoms with Gasteiger partial charge in [0.25, 0.3) is 11.5 Å². The average molecular weight is 1570 g/mol. The molecule has 1 saturated heterocycles. The first kappa shape index (κ1) is 87.1. The molecule has 4 aromatic carbocycles. The second-order valence-electron chi connectivity index (χ2n) is 27.0. The molecule has 0 bridgehead atoms. The highest BCUT2D eigenvalue weighted by Gasteiger charge is 2.45. The van der Waals surface area contributed by atoms with Crippen LogP contribution in [0.5, 0.6) is 11.5 Å². The van der Waals surface area contributed by atoms with Crippen molar-refractivity contribution in [3.8, 4) is 11.5 Å². The number of amides is 8. The third-order valence-electron chi connectivity index (χ3n) is 18.0. The zero-order chi connectivity index (χ0) is 80.0. The molecule has 1 aliphatic rings. The predicted octanol–water partition coefficient (Wildman–Crippen LogP) is 8.93. The van der Waals surface area contributed by atoms with E-state index in [0.717, 1.165) is 54.3 Å². The van der Waals surface area contributed by atoms with Crippen LogP contribution in [0.1, 0.15) is 157 Å². The first-order valence-electron chi connectivity index (χ1n) is 36.3. The minimum Gasteiger partial charge on any atom is -0.497 e. The number of methoxy groups -OCH3 is 3. The van der Waals surface area contributed by atoms with Gasteiger partial charge in [0.15, 0.2) is 11.2 Å². The maximum absolute atomic E-state index is 14.2. The van der Waals surface area contributed by atoms with Gasteiger partial charge in [0.05, 0.1) is 65.4 Å². The molecule has 3 heterocycles. The number of aromatic nitrogens is 4. The van der Waals surface area contributed by atoms with Gasteiger partial charge in [0.2, 0.25) is 41.4 Å². The number of carbonyl (C=O) groups is 10. The van der Waals surface area contributed by atoms with Crippen LogP contribution in [-0.2, 0) is 69.5 Å². The summed E-state index contributed by atoms with van der Waals surface area (Å²) < 4.78 is 70.5. The molecule has 8 amide bonds. The van der Waals surface area contributed by atoms with Gasteiger partial charge in [-0.1, -0.05) is 103 Å². The van der Waals surface area contributed by atoms with Crippen LogP contribution in [0.4, 0.5) is 24.8 Å². The third-order valence-corrected chi connectivity index (χ3v) is 21.3. The minimum absolute atomic E-state index is 0.0273. The minimum atomic E-state index is -5.36. The van der Waals surface area contributed by atoms with Crippen molar-refractivity contribution in [1.29, 1.82) is 0 Å². The van der Waals surface area contributed by atoms with Gasteiger partial charge in [-0.2, -0.15) is 18.2 Å². The lowest BCUT2D eigenvalue weighted by Gasteiger charge is -2.38. The first-order chi connectivity index (χ1) is 52.6. The summed E-state index contributed by atoms with van der Waals surface area (Å²) in [5.41, 5.74) is -0.822. The summed E-state index contributed by atoms with van der Waals surface area (Å²) in [5.74, 6) is -4.73. The Hall–Kier alpha value is -10.2. The van der Waals surface area contributed by atoms with Crippen LogP contribution in [0.2, 0.25) is 0 Å². The molecule has 28 nitrogen and oxygen atoms in total. The van der Waals surface area contributed by atoms with E-state index in [1.807, 2.05) is 78.9 Å². The normalized spacial score (nSPS) is 13.9. The Balaban J connectivity index is 0.763. The second kappa shape index (κ2) is 42.7. The largest absolute Gasteiger partial charge is 0.497 e. The monoisotopic (exact) mass is 1570 g/mol. The Morgan fingerprint density at radius 1 is 0.691 bits per heavy atom. The first-order valence-corrected chi connectivity index (χ1v) is 38.6. The number of esters is 2.